The normalized spacial score (nSPS) is 16.9. The Kier molecular flexibility index (Phi) is 6.71. The molecule has 1 aliphatic rings. The minimum Gasteiger partial charge on any atom is -0.508 e. The minimum absolute atomic E-state index is 0.00147. The molecule has 0 saturated carbocycles. The van der Waals surface area contributed by atoms with Crippen molar-refractivity contribution in [3.8, 4) is 5.75 Å². The number of hydrogen-bond acceptors (Lipinski definition) is 4. The maximum Gasteiger partial charge on any atom is 0.416 e. The molecule has 0 aromatic heterocycles. The molecule has 162 valence electrons. The van der Waals surface area contributed by atoms with Crippen molar-refractivity contribution in [1.29, 1.82) is 0 Å². The summed E-state index contributed by atoms with van der Waals surface area (Å²) in [7, 11) is 0. The van der Waals surface area contributed by atoms with Gasteiger partial charge in [0.15, 0.2) is 0 Å². The number of phenols is 1. The molecule has 1 N–H and O–H groups in total. The summed E-state index contributed by atoms with van der Waals surface area (Å²) in [5, 5.41) is 9.64. The molecule has 2 aromatic carbocycles. The van der Waals surface area contributed by atoms with Crippen molar-refractivity contribution in [1.82, 2.24) is 4.90 Å². The zero-order chi connectivity index (χ0) is 21.8. The molecule has 0 unspecified atom stereocenters. The van der Waals surface area contributed by atoms with Crippen LogP contribution in [0, 0.1) is 5.41 Å². The van der Waals surface area contributed by atoms with Gasteiger partial charge in [0, 0.05) is 6.54 Å². The molecule has 30 heavy (non-hydrogen) atoms. The third-order valence-electron chi connectivity index (χ3n) is 5.69. The molecule has 1 aliphatic heterocycles. The number of carbonyl (C=O) groups is 1. The van der Waals surface area contributed by atoms with Gasteiger partial charge in [-0.25, -0.2) is 0 Å². The van der Waals surface area contributed by atoms with Crippen molar-refractivity contribution in [2.45, 2.75) is 38.9 Å². The number of benzene rings is 2. The molecule has 1 fully saturated rings. The summed E-state index contributed by atoms with van der Waals surface area (Å²) in [6, 6.07) is 12.4. The molecule has 0 amide bonds. The molecule has 0 aliphatic carbocycles. The summed E-state index contributed by atoms with van der Waals surface area (Å²) >= 11 is 0. The lowest BCUT2D eigenvalue weighted by Gasteiger charge is -2.40. The van der Waals surface area contributed by atoms with E-state index in [1.165, 1.54) is 12.1 Å². The van der Waals surface area contributed by atoms with Crippen molar-refractivity contribution < 1.29 is 27.8 Å². The van der Waals surface area contributed by atoms with Crippen molar-refractivity contribution in [2.24, 2.45) is 5.41 Å². The first kappa shape index (κ1) is 22.2. The number of rotatable bonds is 6. The van der Waals surface area contributed by atoms with Gasteiger partial charge >= 0.3 is 12.1 Å². The van der Waals surface area contributed by atoms with E-state index in [4.69, 9.17) is 4.74 Å². The fourth-order valence-corrected chi connectivity index (χ4v) is 4.11. The standard InChI is InChI=1S/C23H26F3NO3/c1-2-30-21(29)22(15-18-7-3-4-9-20(18)23(24,25)26)10-12-27(13-11-22)16-17-6-5-8-19(28)14-17/h3-9,14,28H,2,10-13,15-16H2,1H3. The van der Waals surface area contributed by atoms with E-state index in [0.717, 1.165) is 11.6 Å². The fraction of sp³-hybridized carbons (Fsp3) is 0.435. The van der Waals surface area contributed by atoms with E-state index in [9.17, 15) is 23.1 Å². The van der Waals surface area contributed by atoms with Crippen LogP contribution in [0.2, 0.25) is 0 Å². The number of nitrogens with zero attached hydrogens (tertiary/aromatic N) is 1. The Morgan fingerprint density at radius 2 is 1.83 bits per heavy atom. The highest BCUT2D eigenvalue weighted by Gasteiger charge is 2.44. The van der Waals surface area contributed by atoms with Crippen LogP contribution in [0.15, 0.2) is 48.5 Å². The maximum atomic E-state index is 13.5. The van der Waals surface area contributed by atoms with Gasteiger partial charge in [0.2, 0.25) is 0 Å². The van der Waals surface area contributed by atoms with Crippen LogP contribution in [0.25, 0.3) is 0 Å². The summed E-state index contributed by atoms with van der Waals surface area (Å²) in [6.07, 6.45) is -3.64. The molecule has 0 spiro atoms. The number of likely N-dealkylation sites (tertiary alicyclic amines) is 1. The summed E-state index contributed by atoms with van der Waals surface area (Å²) < 4.78 is 45.7. The van der Waals surface area contributed by atoms with Gasteiger partial charge in [-0.1, -0.05) is 30.3 Å². The second-order valence-corrected chi connectivity index (χ2v) is 7.78. The van der Waals surface area contributed by atoms with Crippen LogP contribution in [0.3, 0.4) is 0 Å². The van der Waals surface area contributed by atoms with E-state index < -0.39 is 23.1 Å². The van der Waals surface area contributed by atoms with E-state index in [1.807, 2.05) is 6.07 Å². The van der Waals surface area contributed by atoms with E-state index in [2.05, 4.69) is 4.90 Å². The smallest absolute Gasteiger partial charge is 0.416 e. The Morgan fingerprint density at radius 1 is 1.13 bits per heavy atom. The second-order valence-electron chi connectivity index (χ2n) is 7.78. The summed E-state index contributed by atoms with van der Waals surface area (Å²) in [6.45, 7) is 3.61. The number of ether oxygens (including phenoxy) is 1. The lowest BCUT2D eigenvalue weighted by atomic mass is 9.73. The number of alkyl halides is 3. The van der Waals surface area contributed by atoms with Gasteiger partial charge in [-0.2, -0.15) is 13.2 Å². The lowest BCUT2D eigenvalue weighted by Crippen LogP contribution is -2.46. The van der Waals surface area contributed by atoms with Gasteiger partial charge in [0.1, 0.15) is 5.75 Å². The van der Waals surface area contributed by atoms with Gasteiger partial charge in [0.05, 0.1) is 17.6 Å². The number of piperidine rings is 1. The van der Waals surface area contributed by atoms with E-state index in [0.29, 0.717) is 32.5 Å². The number of aromatic hydroxyl groups is 1. The quantitative estimate of drug-likeness (QED) is 0.681. The van der Waals surface area contributed by atoms with Crippen LogP contribution >= 0.6 is 0 Å². The number of carbonyl (C=O) groups excluding carboxylic acids is 1. The van der Waals surface area contributed by atoms with E-state index in [-0.39, 0.29) is 24.3 Å². The average Bonchev–Trinajstić information content (AvgIpc) is 2.69. The molecule has 0 bridgehead atoms. The van der Waals surface area contributed by atoms with Crippen molar-refractivity contribution in [2.75, 3.05) is 19.7 Å². The highest BCUT2D eigenvalue weighted by atomic mass is 19.4. The van der Waals surface area contributed by atoms with Crippen LogP contribution in [0.5, 0.6) is 5.75 Å². The zero-order valence-electron chi connectivity index (χ0n) is 16.9. The first-order chi connectivity index (χ1) is 14.2. The van der Waals surface area contributed by atoms with Gasteiger partial charge in [-0.05, 0) is 68.6 Å². The molecule has 3 rings (SSSR count). The molecule has 2 aromatic rings. The molecule has 7 heteroatoms. The van der Waals surface area contributed by atoms with Gasteiger partial charge < -0.3 is 9.84 Å². The second kappa shape index (κ2) is 9.08. The first-order valence-corrected chi connectivity index (χ1v) is 10.1. The average molecular weight is 421 g/mol. The molecule has 0 atom stereocenters. The van der Waals surface area contributed by atoms with Crippen LogP contribution < -0.4 is 0 Å². The third-order valence-corrected chi connectivity index (χ3v) is 5.69. The zero-order valence-corrected chi connectivity index (χ0v) is 16.9. The minimum atomic E-state index is -4.47. The summed E-state index contributed by atoms with van der Waals surface area (Å²) in [5.74, 6) is -0.242. The first-order valence-electron chi connectivity index (χ1n) is 10.1. The Hall–Kier alpha value is -2.54. The number of phenolic OH excluding ortho intramolecular Hbond substituents is 1. The highest BCUT2D eigenvalue weighted by molar-refractivity contribution is 5.77. The largest absolute Gasteiger partial charge is 0.508 e. The van der Waals surface area contributed by atoms with Crippen LogP contribution in [-0.2, 0) is 28.7 Å². The summed E-state index contributed by atoms with van der Waals surface area (Å²) in [5.41, 5.74) is -0.608. The molecular formula is C23H26F3NO3. The maximum absolute atomic E-state index is 13.5. The molecule has 0 radical (unpaired) electrons. The van der Waals surface area contributed by atoms with Gasteiger partial charge in [-0.3, -0.25) is 9.69 Å². The predicted molar refractivity (Wildman–Crippen MR) is 107 cm³/mol. The Bertz CT molecular complexity index is 874. The molecular weight excluding hydrogens is 395 g/mol. The van der Waals surface area contributed by atoms with Gasteiger partial charge in [-0.15, -0.1) is 0 Å². The van der Waals surface area contributed by atoms with Crippen LogP contribution in [0.1, 0.15) is 36.5 Å². The van der Waals surface area contributed by atoms with Crippen molar-refractivity contribution in [3.63, 3.8) is 0 Å². The van der Waals surface area contributed by atoms with Crippen LogP contribution in [-0.4, -0.2) is 35.7 Å². The molecule has 1 heterocycles. The van der Waals surface area contributed by atoms with E-state index >= 15 is 0 Å². The number of hydrogen-bond donors (Lipinski definition) is 1. The third kappa shape index (κ3) is 5.14. The lowest BCUT2D eigenvalue weighted by molar-refractivity contribution is -0.159. The number of esters is 1. The van der Waals surface area contributed by atoms with E-state index in [1.54, 1.807) is 31.2 Å². The van der Waals surface area contributed by atoms with Crippen molar-refractivity contribution in [3.05, 3.63) is 65.2 Å². The molecule has 1 saturated heterocycles. The fourth-order valence-electron chi connectivity index (χ4n) is 4.11. The van der Waals surface area contributed by atoms with Crippen molar-refractivity contribution >= 4 is 5.97 Å². The highest BCUT2D eigenvalue weighted by Crippen LogP contribution is 2.40. The number of halogens is 3. The molecule has 4 nitrogen and oxygen atoms in total. The monoisotopic (exact) mass is 421 g/mol. The Morgan fingerprint density at radius 3 is 2.47 bits per heavy atom. The Labute approximate surface area is 174 Å². The predicted octanol–water partition coefficient (Wildman–Crippen LogP) is 4.80. The van der Waals surface area contributed by atoms with Gasteiger partial charge in [0.25, 0.3) is 0 Å². The topological polar surface area (TPSA) is 49.8 Å². The Balaban J connectivity index is 1.79. The summed E-state index contributed by atoms with van der Waals surface area (Å²) in [4.78, 5) is 15.0. The SMILES string of the molecule is CCOC(=O)C1(Cc2ccccc2C(F)(F)F)CCN(Cc2cccc(O)c2)CC1. The van der Waals surface area contributed by atoms with Crippen LogP contribution in [0.4, 0.5) is 13.2 Å².